The van der Waals surface area contributed by atoms with E-state index in [0.717, 1.165) is 17.3 Å². The molecule has 19 heavy (non-hydrogen) atoms. The van der Waals surface area contributed by atoms with Crippen molar-refractivity contribution in [2.24, 2.45) is 0 Å². The lowest BCUT2D eigenvalue weighted by Gasteiger charge is -2.20. The molecule has 0 aliphatic carbocycles. The van der Waals surface area contributed by atoms with Crippen LogP contribution in [0.5, 0.6) is 0 Å². The summed E-state index contributed by atoms with van der Waals surface area (Å²) in [5, 5.41) is 0.988. The van der Waals surface area contributed by atoms with E-state index in [1.807, 2.05) is 42.2 Å². The number of hydrogen-bond donors (Lipinski definition) is 0. The lowest BCUT2D eigenvalue weighted by molar-refractivity contribution is 0.0765. The van der Waals surface area contributed by atoms with E-state index in [9.17, 15) is 4.79 Å². The number of hydrogen-bond acceptors (Lipinski definition) is 2. The fourth-order valence-electron chi connectivity index (χ4n) is 2.05. The second-order valence-electron chi connectivity index (χ2n) is 4.34. The maximum Gasteiger partial charge on any atom is 0.253 e. The van der Waals surface area contributed by atoms with Gasteiger partial charge in [0.25, 0.3) is 5.91 Å². The first-order valence-corrected chi connectivity index (χ1v) is 6.99. The minimum atomic E-state index is 0.0540. The zero-order valence-corrected chi connectivity index (χ0v) is 11.7. The Labute approximate surface area is 118 Å². The molecule has 0 aliphatic rings. The standard InChI is InChI=1S/C15H17ClN2O/c1-2-18(10-4-8-16)15(19)13-6-7-14-12(11-13)5-3-9-17-14/h3,5-7,9,11H,2,4,8,10H2,1H3. The van der Waals surface area contributed by atoms with Crippen molar-refractivity contribution in [1.29, 1.82) is 0 Å². The number of halogens is 1. The van der Waals surface area contributed by atoms with Gasteiger partial charge in [0, 0.05) is 36.1 Å². The van der Waals surface area contributed by atoms with Gasteiger partial charge in [-0.25, -0.2) is 0 Å². The smallest absolute Gasteiger partial charge is 0.253 e. The normalized spacial score (nSPS) is 10.6. The first-order chi connectivity index (χ1) is 9.26. The van der Waals surface area contributed by atoms with Crippen molar-refractivity contribution in [2.45, 2.75) is 13.3 Å². The van der Waals surface area contributed by atoms with Crippen LogP contribution in [0.1, 0.15) is 23.7 Å². The summed E-state index contributed by atoms with van der Waals surface area (Å²) in [6.45, 7) is 3.37. The van der Waals surface area contributed by atoms with Gasteiger partial charge in [0.15, 0.2) is 0 Å². The van der Waals surface area contributed by atoms with E-state index in [0.29, 0.717) is 24.5 Å². The highest BCUT2D eigenvalue weighted by Gasteiger charge is 2.13. The van der Waals surface area contributed by atoms with E-state index >= 15 is 0 Å². The largest absolute Gasteiger partial charge is 0.339 e. The summed E-state index contributed by atoms with van der Waals surface area (Å²) in [6.07, 6.45) is 2.57. The Bertz CT molecular complexity index is 571. The molecule has 1 heterocycles. The zero-order valence-electron chi connectivity index (χ0n) is 11.0. The fraction of sp³-hybridized carbons (Fsp3) is 0.333. The molecule has 0 spiro atoms. The van der Waals surface area contributed by atoms with E-state index in [-0.39, 0.29) is 5.91 Å². The van der Waals surface area contributed by atoms with Gasteiger partial charge < -0.3 is 4.90 Å². The number of benzene rings is 1. The number of alkyl halides is 1. The molecule has 0 atom stereocenters. The van der Waals surface area contributed by atoms with E-state index in [1.165, 1.54) is 0 Å². The summed E-state index contributed by atoms with van der Waals surface area (Å²) in [5.74, 6) is 0.629. The third kappa shape index (κ3) is 3.24. The summed E-state index contributed by atoms with van der Waals surface area (Å²) in [5.41, 5.74) is 1.61. The van der Waals surface area contributed by atoms with Crippen molar-refractivity contribution < 1.29 is 4.79 Å². The molecular weight excluding hydrogens is 260 g/mol. The molecule has 0 saturated carbocycles. The van der Waals surface area contributed by atoms with Crippen molar-refractivity contribution in [3.8, 4) is 0 Å². The molecule has 2 rings (SSSR count). The van der Waals surface area contributed by atoms with Gasteiger partial charge in [0.2, 0.25) is 0 Å². The summed E-state index contributed by atoms with van der Waals surface area (Å²) < 4.78 is 0. The van der Waals surface area contributed by atoms with E-state index < -0.39 is 0 Å². The van der Waals surface area contributed by atoms with Gasteiger partial charge >= 0.3 is 0 Å². The van der Waals surface area contributed by atoms with E-state index in [2.05, 4.69) is 4.98 Å². The fourth-order valence-corrected chi connectivity index (χ4v) is 2.16. The third-order valence-corrected chi connectivity index (χ3v) is 3.35. The van der Waals surface area contributed by atoms with Crippen LogP contribution in [0.2, 0.25) is 0 Å². The predicted octanol–water partition coefficient (Wildman–Crippen LogP) is 3.33. The third-order valence-electron chi connectivity index (χ3n) is 3.08. The molecule has 0 bridgehead atoms. The SMILES string of the molecule is CCN(CCCCl)C(=O)c1ccc2ncccc2c1. The Balaban J connectivity index is 2.24. The molecule has 1 aromatic carbocycles. The van der Waals surface area contributed by atoms with Gasteiger partial charge in [-0.15, -0.1) is 11.6 Å². The predicted molar refractivity (Wildman–Crippen MR) is 78.7 cm³/mol. The first-order valence-electron chi connectivity index (χ1n) is 6.46. The van der Waals surface area contributed by atoms with Gasteiger partial charge in [0.1, 0.15) is 0 Å². The highest BCUT2D eigenvalue weighted by atomic mass is 35.5. The van der Waals surface area contributed by atoms with Gasteiger partial charge in [0.05, 0.1) is 5.52 Å². The van der Waals surface area contributed by atoms with Crippen molar-refractivity contribution in [3.05, 3.63) is 42.1 Å². The van der Waals surface area contributed by atoms with Gasteiger partial charge in [-0.1, -0.05) is 6.07 Å². The highest BCUT2D eigenvalue weighted by molar-refractivity contribution is 6.17. The van der Waals surface area contributed by atoms with Crippen molar-refractivity contribution >= 4 is 28.4 Å². The lowest BCUT2D eigenvalue weighted by Crippen LogP contribution is -2.31. The molecule has 1 aromatic heterocycles. The molecule has 0 unspecified atom stereocenters. The molecule has 2 aromatic rings. The Kier molecular flexibility index (Phi) is 4.74. The Morgan fingerprint density at radius 2 is 2.21 bits per heavy atom. The van der Waals surface area contributed by atoms with Crippen LogP contribution in [-0.4, -0.2) is 34.8 Å². The second kappa shape index (κ2) is 6.53. The number of rotatable bonds is 5. The molecule has 3 nitrogen and oxygen atoms in total. The van der Waals surface area contributed by atoms with Crippen LogP contribution in [0, 0.1) is 0 Å². The van der Waals surface area contributed by atoms with Crippen LogP contribution in [0.3, 0.4) is 0 Å². The molecule has 100 valence electrons. The maximum atomic E-state index is 12.4. The van der Waals surface area contributed by atoms with Crippen LogP contribution in [0.25, 0.3) is 10.9 Å². The molecule has 0 radical (unpaired) electrons. The molecule has 0 aliphatic heterocycles. The highest BCUT2D eigenvalue weighted by Crippen LogP contribution is 2.15. The van der Waals surface area contributed by atoms with Crippen LogP contribution in [0.4, 0.5) is 0 Å². The molecular formula is C15H17ClN2O. The Morgan fingerprint density at radius 1 is 1.37 bits per heavy atom. The van der Waals surface area contributed by atoms with Gasteiger partial charge in [-0.2, -0.15) is 0 Å². The van der Waals surface area contributed by atoms with Crippen LogP contribution in [-0.2, 0) is 0 Å². The number of nitrogens with zero attached hydrogens (tertiary/aromatic N) is 2. The average Bonchev–Trinajstić information content (AvgIpc) is 2.47. The first kappa shape index (κ1) is 13.8. The van der Waals surface area contributed by atoms with Crippen molar-refractivity contribution in [2.75, 3.05) is 19.0 Å². The van der Waals surface area contributed by atoms with Crippen molar-refractivity contribution in [1.82, 2.24) is 9.88 Å². The van der Waals surface area contributed by atoms with Crippen LogP contribution in [0.15, 0.2) is 36.5 Å². The summed E-state index contributed by atoms with van der Waals surface area (Å²) in [4.78, 5) is 18.5. The zero-order chi connectivity index (χ0) is 13.7. The molecule has 1 amide bonds. The second-order valence-corrected chi connectivity index (χ2v) is 4.72. The minimum absolute atomic E-state index is 0.0540. The van der Waals surface area contributed by atoms with Crippen molar-refractivity contribution in [3.63, 3.8) is 0 Å². The minimum Gasteiger partial charge on any atom is -0.339 e. The molecule has 0 fully saturated rings. The van der Waals surface area contributed by atoms with Crippen LogP contribution < -0.4 is 0 Å². The number of pyridine rings is 1. The topological polar surface area (TPSA) is 33.2 Å². The number of carbonyl (C=O) groups is 1. The lowest BCUT2D eigenvalue weighted by atomic mass is 10.1. The number of aromatic nitrogens is 1. The number of amides is 1. The maximum absolute atomic E-state index is 12.4. The molecule has 0 saturated heterocycles. The van der Waals surface area contributed by atoms with E-state index in [1.54, 1.807) is 6.20 Å². The Morgan fingerprint density at radius 3 is 2.95 bits per heavy atom. The van der Waals surface area contributed by atoms with Gasteiger partial charge in [-0.3, -0.25) is 9.78 Å². The van der Waals surface area contributed by atoms with Gasteiger partial charge in [-0.05, 0) is 37.6 Å². The molecule has 0 N–H and O–H groups in total. The number of fused-ring (bicyclic) bond motifs is 1. The van der Waals surface area contributed by atoms with Crippen LogP contribution >= 0.6 is 11.6 Å². The summed E-state index contributed by atoms with van der Waals surface area (Å²) >= 11 is 5.69. The monoisotopic (exact) mass is 276 g/mol. The molecule has 4 heteroatoms. The quantitative estimate of drug-likeness (QED) is 0.785. The summed E-state index contributed by atoms with van der Waals surface area (Å²) in [6, 6.07) is 9.46. The average molecular weight is 277 g/mol. The number of carbonyl (C=O) groups excluding carboxylic acids is 1. The summed E-state index contributed by atoms with van der Waals surface area (Å²) in [7, 11) is 0. The van der Waals surface area contributed by atoms with E-state index in [4.69, 9.17) is 11.6 Å². The Hall–Kier alpha value is -1.61.